The lowest BCUT2D eigenvalue weighted by molar-refractivity contribution is -0.134. The van der Waals surface area contributed by atoms with Crippen molar-refractivity contribution in [2.24, 2.45) is 5.92 Å². The normalized spacial score (nSPS) is 20.4. The molecule has 2 heterocycles. The highest BCUT2D eigenvalue weighted by Gasteiger charge is 2.41. The Morgan fingerprint density at radius 2 is 1.86 bits per heavy atom. The van der Waals surface area contributed by atoms with Crippen LogP contribution in [0.1, 0.15) is 26.7 Å². The molecule has 4 rings (SSSR count). The maximum atomic E-state index is 12.7. The Hall–Kier alpha value is -2.76. The van der Waals surface area contributed by atoms with E-state index in [-0.39, 0.29) is 30.7 Å². The van der Waals surface area contributed by atoms with Crippen molar-refractivity contribution >= 4 is 22.8 Å². The Morgan fingerprint density at radius 1 is 1.14 bits per heavy atom. The van der Waals surface area contributed by atoms with Crippen molar-refractivity contribution in [3.63, 3.8) is 0 Å². The van der Waals surface area contributed by atoms with E-state index in [2.05, 4.69) is 13.8 Å². The molecule has 0 aliphatic carbocycles. The summed E-state index contributed by atoms with van der Waals surface area (Å²) in [5.41, 5.74) is 0. The van der Waals surface area contributed by atoms with Gasteiger partial charge in [0, 0.05) is 24.5 Å². The zero-order valence-corrected chi connectivity index (χ0v) is 17.0. The molecule has 0 N–H and O–H groups in total. The maximum Gasteiger partial charge on any atom is 0.410 e. The lowest BCUT2D eigenvalue weighted by Gasteiger charge is -2.38. The molecule has 2 fully saturated rings. The van der Waals surface area contributed by atoms with Crippen LogP contribution in [0, 0.1) is 5.92 Å². The van der Waals surface area contributed by atoms with Gasteiger partial charge in [-0.15, -0.1) is 0 Å². The minimum absolute atomic E-state index is 0.0132. The number of nitrogens with zero attached hydrogens (tertiary/aromatic N) is 2. The number of cyclic esters (lactones) is 1. The molecule has 0 bridgehead atoms. The Balaban J connectivity index is 1.33. The fourth-order valence-electron chi connectivity index (χ4n) is 4.33. The van der Waals surface area contributed by atoms with Crippen LogP contribution in [0.15, 0.2) is 42.5 Å². The largest absolute Gasteiger partial charge is 0.483 e. The first kappa shape index (κ1) is 19.6. The molecule has 6 nitrogen and oxygen atoms in total. The third-order valence-electron chi connectivity index (χ3n) is 6.03. The van der Waals surface area contributed by atoms with E-state index < -0.39 is 0 Å². The summed E-state index contributed by atoms with van der Waals surface area (Å²) < 4.78 is 11.1. The summed E-state index contributed by atoms with van der Waals surface area (Å²) in [7, 11) is 0. The number of carbonyl (C=O) groups excluding carboxylic acids is 2. The number of likely N-dealkylation sites (tertiary alicyclic amines) is 1. The summed E-state index contributed by atoms with van der Waals surface area (Å²) in [4.78, 5) is 28.6. The van der Waals surface area contributed by atoms with Crippen LogP contribution in [0.5, 0.6) is 5.75 Å². The van der Waals surface area contributed by atoms with Crippen LogP contribution in [-0.4, -0.2) is 60.2 Å². The smallest absolute Gasteiger partial charge is 0.410 e. The van der Waals surface area contributed by atoms with E-state index in [1.807, 2.05) is 52.3 Å². The first-order valence-electron chi connectivity index (χ1n) is 10.4. The van der Waals surface area contributed by atoms with Crippen molar-refractivity contribution in [2.45, 2.75) is 38.8 Å². The van der Waals surface area contributed by atoms with Crippen molar-refractivity contribution in [3.8, 4) is 5.75 Å². The van der Waals surface area contributed by atoms with Crippen molar-refractivity contribution in [2.75, 3.05) is 26.3 Å². The molecule has 2 saturated heterocycles. The Bertz CT molecular complexity index is 884. The topological polar surface area (TPSA) is 59.1 Å². The highest BCUT2D eigenvalue weighted by atomic mass is 16.6. The van der Waals surface area contributed by atoms with Gasteiger partial charge in [0.15, 0.2) is 6.61 Å². The minimum atomic E-state index is -0.215. The fourth-order valence-corrected chi connectivity index (χ4v) is 4.33. The van der Waals surface area contributed by atoms with Gasteiger partial charge in [0.2, 0.25) is 0 Å². The first-order chi connectivity index (χ1) is 14.0. The van der Waals surface area contributed by atoms with E-state index in [1.54, 1.807) is 0 Å². The zero-order chi connectivity index (χ0) is 20.4. The number of piperidine rings is 1. The molecular weight excluding hydrogens is 368 g/mol. The van der Waals surface area contributed by atoms with Gasteiger partial charge in [-0.3, -0.25) is 9.69 Å². The molecule has 2 aliphatic heterocycles. The number of amides is 2. The Labute approximate surface area is 171 Å². The Kier molecular flexibility index (Phi) is 5.60. The molecule has 2 aliphatic rings. The van der Waals surface area contributed by atoms with Gasteiger partial charge in [0.1, 0.15) is 12.4 Å². The number of carbonyl (C=O) groups is 2. The van der Waals surface area contributed by atoms with Gasteiger partial charge < -0.3 is 14.4 Å². The van der Waals surface area contributed by atoms with Crippen LogP contribution in [0.2, 0.25) is 0 Å². The van der Waals surface area contributed by atoms with Gasteiger partial charge in [0.25, 0.3) is 5.91 Å². The van der Waals surface area contributed by atoms with Crippen LogP contribution in [0.3, 0.4) is 0 Å². The highest BCUT2D eigenvalue weighted by Crippen LogP contribution is 2.28. The first-order valence-corrected chi connectivity index (χ1v) is 10.4. The third-order valence-corrected chi connectivity index (χ3v) is 6.03. The molecule has 6 heteroatoms. The van der Waals surface area contributed by atoms with Crippen molar-refractivity contribution in [3.05, 3.63) is 42.5 Å². The predicted octanol–water partition coefficient (Wildman–Crippen LogP) is 3.69. The van der Waals surface area contributed by atoms with E-state index >= 15 is 0 Å². The third kappa shape index (κ3) is 4.02. The molecule has 154 valence electrons. The number of rotatable bonds is 5. The molecule has 29 heavy (non-hydrogen) atoms. The molecule has 0 aromatic heterocycles. The Morgan fingerprint density at radius 3 is 2.62 bits per heavy atom. The number of benzene rings is 2. The summed E-state index contributed by atoms with van der Waals surface area (Å²) in [6.07, 6.45) is 1.34. The number of fused-ring (bicyclic) bond motifs is 1. The molecule has 0 spiro atoms. The van der Waals surface area contributed by atoms with Gasteiger partial charge in [-0.25, -0.2) is 4.79 Å². The summed E-state index contributed by atoms with van der Waals surface area (Å²) in [5, 5.41) is 2.10. The summed E-state index contributed by atoms with van der Waals surface area (Å²) in [5.74, 6) is 1.07. The minimum Gasteiger partial charge on any atom is -0.483 e. The second-order valence-electron chi connectivity index (χ2n) is 8.17. The van der Waals surface area contributed by atoms with Crippen LogP contribution in [0.25, 0.3) is 10.8 Å². The van der Waals surface area contributed by atoms with E-state index in [9.17, 15) is 9.59 Å². The van der Waals surface area contributed by atoms with Gasteiger partial charge in [-0.05, 0) is 30.2 Å². The molecule has 1 unspecified atom stereocenters. The summed E-state index contributed by atoms with van der Waals surface area (Å²) in [6, 6.07) is 14.1. The lowest BCUT2D eigenvalue weighted by Crippen LogP contribution is -2.51. The van der Waals surface area contributed by atoms with E-state index in [1.165, 1.54) is 0 Å². The van der Waals surface area contributed by atoms with Crippen molar-refractivity contribution in [1.29, 1.82) is 0 Å². The fraction of sp³-hybridized carbons (Fsp3) is 0.478. The van der Waals surface area contributed by atoms with E-state index in [4.69, 9.17) is 9.47 Å². The van der Waals surface area contributed by atoms with Crippen molar-refractivity contribution in [1.82, 2.24) is 9.80 Å². The molecule has 0 radical (unpaired) electrons. The molecule has 0 saturated carbocycles. The number of hydrogen-bond acceptors (Lipinski definition) is 4. The maximum absolute atomic E-state index is 12.7. The predicted molar refractivity (Wildman–Crippen MR) is 111 cm³/mol. The average Bonchev–Trinajstić information content (AvgIpc) is 3.14. The number of ether oxygens (including phenoxy) is 2. The van der Waals surface area contributed by atoms with Gasteiger partial charge in [0.05, 0.1) is 6.04 Å². The molecule has 2 aromatic carbocycles. The highest BCUT2D eigenvalue weighted by molar-refractivity contribution is 5.88. The van der Waals surface area contributed by atoms with Crippen molar-refractivity contribution < 1.29 is 19.1 Å². The molecule has 1 atom stereocenters. The average molecular weight is 396 g/mol. The van der Waals surface area contributed by atoms with Gasteiger partial charge >= 0.3 is 6.09 Å². The van der Waals surface area contributed by atoms with Gasteiger partial charge in [-0.2, -0.15) is 0 Å². The number of hydrogen-bond donors (Lipinski definition) is 0. The standard InChI is InChI=1S/C23H28N2O4/c1-16(2)20-14-29-23(27)25(20)18-10-12-24(13-11-18)22(26)15-28-21-9-5-7-17-6-3-4-8-19(17)21/h3-9,16,18,20H,10-15H2,1-2H3. The van der Waals surface area contributed by atoms with Crippen LogP contribution in [0.4, 0.5) is 4.79 Å². The second kappa shape index (κ2) is 8.31. The summed E-state index contributed by atoms with van der Waals surface area (Å²) in [6.45, 7) is 5.99. The van der Waals surface area contributed by atoms with Crippen LogP contribution >= 0.6 is 0 Å². The second-order valence-corrected chi connectivity index (χ2v) is 8.17. The molecular formula is C23H28N2O4. The molecule has 2 amide bonds. The summed E-state index contributed by atoms with van der Waals surface area (Å²) >= 11 is 0. The lowest BCUT2D eigenvalue weighted by atomic mass is 9.97. The van der Waals surface area contributed by atoms with Gasteiger partial charge in [-0.1, -0.05) is 50.2 Å². The van der Waals surface area contributed by atoms with Crippen LogP contribution < -0.4 is 4.74 Å². The monoisotopic (exact) mass is 396 g/mol. The molecule has 2 aromatic rings. The van der Waals surface area contributed by atoms with Crippen LogP contribution in [-0.2, 0) is 9.53 Å². The van der Waals surface area contributed by atoms with E-state index in [0.717, 1.165) is 29.4 Å². The quantitative estimate of drug-likeness (QED) is 0.774. The SMILES string of the molecule is CC(C)C1COC(=O)N1C1CCN(C(=O)COc2cccc3ccccc23)CC1. The van der Waals surface area contributed by atoms with E-state index in [0.29, 0.717) is 25.6 Å². The zero-order valence-electron chi connectivity index (χ0n) is 17.0.